The topological polar surface area (TPSA) is 92.8 Å². The van der Waals surface area contributed by atoms with Crippen molar-refractivity contribution in [3.05, 3.63) is 59.9 Å². The Balaban J connectivity index is 2.06. The van der Waals surface area contributed by atoms with Gasteiger partial charge in [-0.3, -0.25) is 4.79 Å². The molecule has 2 aromatic rings. The van der Waals surface area contributed by atoms with Gasteiger partial charge in [0.05, 0.1) is 23.6 Å². The first kappa shape index (κ1) is 20.5. The van der Waals surface area contributed by atoms with E-state index in [9.17, 15) is 22.4 Å². The lowest BCUT2D eigenvalue weighted by Gasteiger charge is -2.17. The zero-order chi connectivity index (χ0) is 20.0. The number of carbonyl (C=O) groups excluding carboxylic acids is 2. The number of sulfonamides is 1. The highest BCUT2D eigenvalue weighted by Gasteiger charge is 2.23. The Kier molecular flexibility index (Phi) is 6.65. The first-order chi connectivity index (χ1) is 12.7. The molecule has 0 aliphatic carbocycles. The summed E-state index contributed by atoms with van der Waals surface area (Å²) in [4.78, 5) is 23.8. The molecule has 0 radical (unpaired) electrons. The van der Waals surface area contributed by atoms with Crippen LogP contribution in [0.3, 0.4) is 0 Å². The van der Waals surface area contributed by atoms with E-state index in [1.54, 1.807) is 25.1 Å². The van der Waals surface area contributed by atoms with Gasteiger partial charge in [-0.15, -0.1) is 0 Å². The Labute approximate surface area is 156 Å². The van der Waals surface area contributed by atoms with Crippen LogP contribution >= 0.6 is 0 Å². The quantitative estimate of drug-likeness (QED) is 0.727. The maximum atomic E-state index is 13.0. The Morgan fingerprint density at radius 3 is 2.44 bits per heavy atom. The van der Waals surface area contributed by atoms with Crippen LogP contribution in [0.2, 0.25) is 0 Å². The molecule has 0 bridgehead atoms. The molecule has 7 nitrogen and oxygen atoms in total. The van der Waals surface area contributed by atoms with E-state index in [1.165, 1.54) is 13.1 Å². The van der Waals surface area contributed by atoms with Crippen LogP contribution in [0.15, 0.2) is 53.4 Å². The summed E-state index contributed by atoms with van der Waals surface area (Å²) in [5.74, 6) is -1.68. The van der Waals surface area contributed by atoms with Gasteiger partial charge in [0, 0.05) is 12.7 Å². The molecule has 0 aromatic heterocycles. The van der Waals surface area contributed by atoms with Crippen molar-refractivity contribution < 1.29 is 27.1 Å². The molecule has 0 saturated carbocycles. The second-order valence-corrected chi connectivity index (χ2v) is 7.61. The SMILES string of the molecule is CCOC(=O)c1cccc(NC(=O)CN(C)S(=O)(=O)c2ccc(F)cc2)c1. The first-order valence-electron chi connectivity index (χ1n) is 8.03. The molecule has 1 N–H and O–H groups in total. The van der Waals surface area contributed by atoms with Crippen LogP contribution in [-0.2, 0) is 19.6 Å². The molecule has 0 heterocycles. The zero-order valence-electron chi connectivity index (χ0n) is 14.8. The van der Waals surface area contributed by atoms with E-state index >= 15 is 0 Å². The molecule has 0 atom stereocenters. The number of anilines is 1. The van der Waals surface area contributed by atoms with E-state index in [0.29, 0.717) is 5.69 Å². The van der Waals surface area contributed by atoms with Crippen LogP contribution in [0.25, 0.3) is 0 Å². The molecule has 0 spiro atoms. The van der Waals surface area contributed by atoms with Crippen molar-refractivity contribution in [2.45, 2.75) is 11.8 Å². The summed E-state index contributed by atoms with van der Waals surface area (Å²) < 4.78 is 43.5. The summed E-state index contributed by atoms with van der Waals surface area (Å²) >= 11 is 0. The van der Waals surface area contributed by atoms with E-state index in [4.69, 9.17) is 4.74 Å². The van der Waals surface area contributed by atoms with Crippen molar-refractivity contribution in [3.63, 3.8) is 0 Å². The van der Waals surface area contributed by atoms with Crippen LogP contribution in [0.1, 0.15) is 17.3 Å². The van der Waals surface area contributed by atoms with Crippen LogP contribution in [0.4, 0.5) is 10.1 Å². The predicted octanol–water partition coefficient (Wildman–Crippen LogP) is 2.26. The van der Waals surface area contributed by atoms with E-state index in [1.807, 2.05) is 0 Å². The molecule has 2 rings (SSSR count). The molecule has 9 heteroatoms. The molecule has 1 amide bonds. The Morgan fingerprint density at radius 2 is 1.81 bits per heavy atom. The van der Waals surface area contributed by atoms with Crippen molar-refractivity contribution in [1.82, 2.24) is 4.31 Å². The summed E-state index contributed by atoms with van der Waals surface area (Å²) in [6, 6.07) is 10.4. The molecule has 0 aliphatic heterocycles. The highest BCUT2D eigenvalue weighted by molar-refractivity contribution is 7.89. The number of nitrogens with zero attached hydrogens (tertiary/aromatic N) is 1. The van der Waals surface area contributed by atoms with Gasteiger partial charge in [-0.25, -0.2) is 17.6 Å². The van der Waals surface area contributed by atoms with Crippen LogP contribution in [0, 0.1) is 5.82 Å². The molecule has 144 valence electrons. The molecule has 0 unspecified atom stereocenters. The van der Waals surface area contributed by atoms with Crippen LogP contribution in [-0.4, -0.2) is 44.8 Å². The van der Waals surface area contributed by atoms with Gasteiger partial charge in [-0.1, -0.05) is 6.07 Å². The number of nitrogens with one attached hydrogen (secondary N) is 1. The number of carbonyl (C=O) groups is 2. The number of amides is 1. The lowest BCUT2D eigenvalue weighted by molar-refractivity contribution is -0.116. The highest BCUT2D eigenvalue weighted by atomic mass is 32.2. The molecular formula is C18H19FN2O5S. The van der Waals surface area contributed by atoms with Crippen molar-refractivity contribution >= 4 is 27.6 Å². The Bertz CT molecular complexity index is 929. The van der Waals surface area contributed by atoms with Gasteiger partial charge in [-0.2, -0.15) is 4.31 Å². The van der Waals surface area contributed by atoms with Gasteiger partial charge in [-0.05, 0) is 49.4 Å². The monoisotopic (exact) mass is 394 g/mol. The van der Waals surface area contributed by atoms with E-state index in [2.05, 4.69) is 5.32 Å². The van der Waals surface area contributed by atoms with E-state index in [-0.39, 0.29) is 17.1 Å². The predicted molar refractivity (Wildman–Crippen MR) is 97.2 cm³/mol. The number of halogens is 1. The molecule has 0 saturated heterocycles. The minimum atomic E-state index is -3.94. The van der Waals surface area contributed by atoms with E-state index < -0.39 is 34.3 Å². The standard InChI is InChI=1S/C18H19FN2O5S/c1-3-26-18(23)13-5-4-6-15(11-13)20-17(22)12-21(2)27(24,25)16-9-7-14(19)8-10-16/h4-11H,3,12H2,1-2H3,(H,20,22). The number of benzene rings is 2. The number of hydrogen-bond donors (Lipinski definition) is 1. The molecular weight excluding hydrogens is 375 g/mol. The minimum Gasteiger partial charge on any atom is -0.462 e. The van der Waals surface area contributed by atoms with Crippen molar-refractivity contribution in [3.8, 4) is 0 Å². The molecule has 27 heavy (non-hydrogen) atoms. The van der Waals surface area contributed by atoms with Crippen molar-refractivity contribution in [2.75, 3.05) is 25.5 Å². The number of rotatable bonds is 7. The van der Waals surface area contributed by atoms with Gasteiger partial charge in [0.2, 0.25) is 15.9 Å². The second kappa shape index (κ2) is 8.74. The second-order valence-electron chi connectivity index (χ2n) is 5.56. The lowest BCUT2D eigenvalue weighted by Crippen LogP contribution is -2.35. The molecule has 0 fully saturated rings. The van der Waals surface area contributed by atoms with Gasteiger partial charge < -0.3 is 10.1 Å². The number of likely N-dealkylation sites (N-methyl/N-ethyl adjacent to an activating group) is 1. The molecule has 0 aliphatic rings. The third-order valence-corrected chi connectivity index (χ3v) is 5.36. The summed E-state index contributed by atoms with van der Waals surface area (Å²) in [6.45, 7) is 1.45. The average Bonchev–Trinajstić information content (AvgIpc) is 2.62. The summed E-state index contributed by atoms with van der Waals surface area (Å²) in [5.41, 5.74) is 0.597. The maximum absolute atomic E-state index is 13.0. The fraction of sp³-hybridized carbons (Fsp3) is 0.222. The third-order valence-electron chi connectivity index (χ3n) is 3.55. The summed E-state index contributed by atoms with van der Waals surface area (Å²) in [7, 11) is -2.70. The van der Waals surface area contributed by atoms with Gasteiger partial charge in [0.1, 0.15) is 5.82 Å². The first-order valence-corrected chi connectivity index (χ1v) is 9.47. The minimum absolute atomic E-state index is 0.122. The number of hydrogen-bond acceptors (Lipinski definition) is 5. The fourth-order valence-corrected chi connectivity index (χ4v) is 3.34. The number of ether oxygens (including phenoxy) is 1. The maximum Gasteiger partial charge on any atom is 0.338 e. The summed E-state index contributed by atoms with van der Waals surface area (Å²) in [5, 5.41) is 2.53. The fourth-order valence-electron chi connectivity index (χ4n) is 2.21. The van der Waals surface area contributed by atoms with Crippen LogP contribution < -0.4 is 5.32 Å². The number of esters is 1. The Morgan fingerprint density at radius 1 is 1.15 bits per heavy atom. The van der Waals surface area contributed by atoms with Gasteiger partial charge in [0.25, 0.3) is 0 Å². The highest BCUT2D eigenvalue weighted by Crippen LogP contribution is 2.16. The zero-order valence-corrected chi connectivity index (χ0v) is 15.6. The normalized spacial score (nSPS) is 11.3. The third kappa shape index (κ3) is 5.35. The molecule has 2 aromatic carbocycles. The van der Waals surface area contributed by atoms with Gasteiger partial charge in [0.15, 0.2) is 0 Å². The van der Waals surface area contributed by atoms with Crippen molar-refractivity contribution in [2.24, 2.45) is 0 Å². The largest absolute Gasteiger partial charge is 0.462 e. The van der Waals surface area contributed by atoms with Crippen molar-refractivity contribution in [1.29, 1.82) is 0 Å². The Hall–Kier alpha value is -2.78. The summed E-state index contributed by atoms with van der Waals surface area (Å²) in [6.07, 6.45) is 0. The van der Waals surface area contributed by atoms with Crippen LogP contribution in [0.5, 0.6) is 0 Å². The average molecular weight is 394 g/mol. The van der Waals surface area contributed by atoms with Gasteiger partial charge >= 0.3 is 5.97 Å². The van der Waals surface area contributed by atoms with E-state index in [0.717, 1.165) is 28.6 Å². The lowest BCUT2D eigenvalue weighted by atomic mass is 10.2. The smallest absolute Gasteiger partial charge is 0.338 e.